The molecule has 236 valence electrons. The number of amides is 3. The summed E-state index contributed by atoms with van der Waals surface area (Å²) in [5.41, 5.74) is -6.02. The first-order valence-corrected chi connectivity index (χ1v) is 16.5. The number of halogens is 2. The number of carbonyl (C=O) groups excluding carboxylic acids is 3. The van der Waals surface area contributed by atoms with Crippen molar-refractivity contribution in [3.63, 3.8) is 0 Å². The molecule has 3 aliphatic heterocycles. The van der Waals surface area contributed by atoms with E-state index in [0.29, 0.717) is 42.6 Å². The van der Waals surface area contributed by atoms with Crippen molar-refractivity contribution in [2.24, 2.45) is 7.05 Å². The minimum absolute atomic E-state index is 0.121. The molecule has 3 N–H and O–H groups in total. The number of aryl methyl sites for hydroxylation is 1. The lowest BCUT2D eigenvalue weighted by Crippen LogP contribution is -2.66. The van der Waals surface area contributed by atoms with Crippen molar-refractivity contribution in [1.82, 2.24) is 29.9 Å². The Kier molecular flexibility index (Phi) is 7.64. The van der Waals surface area contributed by atoms with Crippen molar-refractivity contribution in [2.45, 2.75) is 61.5 Å². The van der Waals surface area contributed by atoms with Crippen LogP contribution in [0.15, 0.2) is 30.6 Å². The highest BCUT2D eigenvalue weighted by atomic mass is 32.1. The highest BCUT2D eigenvalue weighted by molar-refractivity contribution is 7.52. The van der Waals surface area contributed by atoms with E-state index in [4.69, 9.17) is 14.5 Å². The number of hydrogen-bond acceptors (Lipinski definition) is 8. The lowest BCUT2D eigenvalue weighted by Gasteiger charge is -2.49. The summed E-state index contributed by atoms with van der Waals surface area (Å²) in [6.45, 7) is 0.540. The molecule has 3 aliphatic rings. The van der Waals surface area contributed by atoms with E-state index in [1.807, 2.05) is 0 Å². The molecule has 3 atom stereocenters. The van der Waals surface area contributed by atoms with Gasteiger partial charge in [0.05, 0.1) is 18.0 Å². The van der Waals surface area contributed by atoms with Gasteiger partial charge in [-0.1, -0.05) is 6.07 Å². The summed E-state index contributed by atoms with van der Waals surface area (Å²) in [5, 5.41) is 11.0. The molecule has 5 heterocycles. The van der Waals surface area contributed by atoms with E-state index in [0.717, 1.165) is 23.5 Å². The number of nitrogens with one attached hydrogen (secondary N) is 1. The van der Waals surface area contributed by atoms with E-state index >= 15 is 0 Å². The van der Waals surface area contributed by atoms with Crippen LogP contribution in [-0.4, -0.2) is 90.4 Å². The molecule has 3 saturated heterocycles. The zero-order valence-corrected chi connectivity index (χ0v) is 25.6. The lowest BCUT2D eigenvalue weighted by atomic mass is 9.91. The standard InChI is InChI=1S/C27H31F2N6O7PS/c1-33-14-30-32-25(33)26(42-2)12-34(13-26)24(38)19-8-7-17-4-3-5-18(23(37)35(17)19)31-22(36)21-11-15-10-16(6-9-20(15)44-21)27(28,29)43(39,40)41/h6,9-11,14,17-19H,3-5,7-8,12-13H2,1-2H3,(H,31,36)(H2,39,40,41)/t17-,18-,19-/m0/s1. The minimum atomic E-state index is -5.75. The highest BCUT2D eigenvalue weighted by Gasteiger charge is 2.54. The van der Waals surface area contributed by atoms with Crippen molar-refractivity contribution in [1.29, 1.82) is 0 Å². The number of benzene rings is 1. The maximum atomic E-state index is 14.2. The number of fused-ring (bicyclic) bond motifs is 2. The third kappa shape index (κ3) is 5.02. The fraction of sp³-hybridized carbons (Fsp3) is 0.519. The van der Waals surface area contributed by atoms with Gasteiger partial charge in [0.25, 0.3) is 5.91 Å². The summed E-state index contributed by atoms with van der Waals surface area (Å²) < 4.78 is 47.7. The number of nitrogens with zero attached hydrogens (tertiary/aromatic N) is 5. The first-order chi connectivity index (χ1) is 20.8. The van der Waals surface area contributed by atoms with Crippen LogP contribution in [0.2, 0.25) is 0 Å². The van der Waals surface area contributed by atoms with Gasteiger partial charge in [0.2, 0.25) is 11.8 Å². The number of likely N-dealkylation sites (tertiary alicyclic amines) is 1. The molecule has 3 amide bonds. The van der Waals surface area contributed by atoms with Crippen molar-refractivity contribution in [3.05, 3.63) is 46.9 Å². The topological polar surface area (TPSA) is 167 Å². The monoisotopic (exact) mass is 652 g/mol. The zero-order valence-electron chi connectivity index (χ0n) is 23.9. The van der Waals surface area contributed by atoms with Gasteiger partial charge in [-0.15, -0.1) is 21.5 Å². The van der Waals surface area contributed by atoms with Crippen molar-refractivity contribution in [2.75, 3.05) is 20.2 Å². The quantitative estimate of drug-likeness (QED) is 0.325. The number of ether oxygens (including phenoxy) is 1. The molecule has 0 radical (unpaired) electrons. The van der Waals surface area contributed by atoms with Gasteiger partial charge in [0.15, 0.2) is 11.4 Å². The molecule has 0 unspecified atom stereocenters. The fourth-order valence-electron chi connectivity index (χ4n) is 6.47. The molecular formula is C27H31F2N6O7PS. The normalized spacial score (nSPS) is 23.8. The molecular weight excluding hydrogens is 621 g/mol. The van der Waals surface area contributed by atoms with E-state index < -0.39 is 42.4 Å². The Hall–Kier alpha value is -3.30. The van der Waals surface area contributed by atoms with Crippen LogP contribution >= 0.6 is 18.9 Å². The first-order valence-electron chi connectivity index (χ1n) is 14.0. The maximum Gasteiger partial charge on any atom is 0.399 e. The van der Waals surface area contributed by atoms with Crippen molar-refractivity contribution < 1.29 is 42.3 Å². The summed E-state index contributed by atoms with van der Waals surface area (Å²) in [6, 6.07) is 2.82. The predicted molar refractivity (Wildman–Crippen MR) is 153 cm³/mol. The third-order valence-electron chi connectivity index (χ3n) is 8.84. The molecule has 3 fully saturated rings. The fourth-order valence-corrected chi connectivity index (χ4v) is 7.89. The first kappa shape index (κ1) is 30.7. The minimum Gasteiger partial charge on any atom is -0.366 e. The Morgan fingerprint density at radius 2 is 1.93 bits per heavy atom. The summed E-state index contributed by atoms with van der Waals surface area (Å²) in [6.07, 6.45) is 4.48. The maximum absolute atomic E-state index is 14.2. The number of thiophene rings is 1. The zero-order chi connectivity index (χ0) is 31.6. The highest BCUT2D eigenvalue weighted by Crippen LogP contribution is 2.59. The molecule has 0 saturated carbocycles. The van der Waals surface area contributed by atoms with Gasteiger partial charge >= 0.3 is 13.3 Å². The van der Waals surface area contributed by atoms with Gasteiger partial charge in [0, 0.05) is 30.5 Å². The van der Waals surface area contributed by atoms with E-state index in [2.05, 4.69) is 15.5 Å². The Bertz CT molecular complexity index is 1690. The van der Waals surface area contributed by atoms with Crippen LogP contribution in [0.1, 0.15) is 53.2 Å². The average Bonchev–Trinajstić information content (AvgIpc) is 3.67. The molecule has 13 nitrogen and oxygen atoms in total. The Morgan fingerprint density at radius 1 is 1.18 bits per heavy atom. The van der Waals surface area contributed by atoms with Gasteiger partial charge in [0.1, 0.15) is 18.4 Å². The van der Waals surface area contributed by atoms with Gasteiger partial charge < -0.3 is 34.2 Å². The molecule has 0 spiro atoms. The SMILES string of the molecule is COC1(c2nncn2C)CN(C(=O)[C@@H]2CC[C@@H]3CCC[C@H](NC(=O)c4cc5cc(C(F)(F)P(=O)(O)O)ccc5s4)C(=O)N32)C1. The second-order valence-corrected chi connectivity index (χ2v) is 14.3. The van der Waals surface area contributed by atoms with E-state index in [-0.39, 0.29) is 41.2 Å². The summed E-state index contributed by atoms with van der Waals surface area (Å²) >= 11 is 1.01. The predicted octanol–water partition coefficient (Wildman–Crippen LogP) is 2.28. The van der Waals surface area contributed by atoms with Crippen LogP contribution in [0.4, 0.5) is 8.78 Å². The summed E-state index contributed by atoms with van der Waals surface area (Å²) in [7, 11) is -2.40. The average molecular weight is 653 g/mol. The van der Waals surface area contributed by atoms with E-state index in [1.54, 1.807) is 34.9 Å². The second kappa shape index (κ2) is 10.9. The molecule has 0 bridgehead atoms. The van der Waals surface area contributed by atoms with Crippen molar-refractivity contribution >= 4 is 46.7 Å². The van der Waals surface area contributed by atoms with Crippen LogP contribution in [0.3, 0.4) is 0 Å². The van der Waals surface area contributed by atoms with Gasteiger partial charge in [-0.05, 0) is 55.7 Å². The van der Waals surface area contributed by atoms with Crippen molar-refractivity contribution in [3.8, 4) is 0 Å². The number of methoxy groups -OCH3 is 1. The smallest absolute Gasteiger partial charge is 0.366 e. The third-order valence-corrected chi connectivity index (χ3v) is 10.9. The van der Waals surface area contributed by atoms with E-state index in [1.165, 1.54) is 12.1 Å². The van der Waals surface area contributed by atoms with Crippen LogP contribution < -0.4 is 5.32 Å². The largest absolute Gasteiger partial charge is 0.399 e. The summed E-state index contributed by atoms with van der Waals surface area (Å²) in [4.78, 5) is 62.3. The molecule has 0 aliphatic carbocycles. The van der Waals surface area contributed by atoms with Crippen LogP contribution in [0.25, 0.3) is 10.1 Å². The van der Waals surface area contributed by atoms with Crippen LogP contribution in [0.5, 0.6) is 0 Å². The van der Waals surface area contributed by atoms with Gasteiger partial charge in [-0.2, -0.15) is 8.78 Å². The van der Waals surface area contributed by atoms with Gasteiger partial charge in [-0.3, -0.25) is 18.9 Å². The number of aromatic nitrogens is 3. The van der Waals surface area contributed by atoms with Gasteiger partial charge in [-0.25, -0.2) is 0 Å². The molecule has 6 rings (SSSR count). The number of rotatable bonds is 7. The lowest BCUT2D eigenvalue weighted by molar-refractivity contribution is -0.173. The van der Waals surface area contributed by atoms with Crippen LogP contribution in [-0.2, 0) is 37.2 Å². The number of carbonyl (C=O) groups is 3. The Morgan fingerprint density at radius 3 is 2.59 bits per heavy atom. The number of hydrogen-bond donors (Lipinski definition) is 3. The molecule has 3 aromatic rings. The Labute approximate surface area is 254 Å². The van der Waals surface area contributed by atoms with E-state index in [9.17, 15) is 27.7 Å². The Balaban J connectivity index is 1.16. The molecule has 2 aromatic heterocycles. The molecule has 44 heavy (non-hydrogen) atoms. The molecule has 1 aromatic carbocycles. The summed E-state index contributed by atoms with van der Waals surface area (Å²) in [5.74, 6) is -0.497. The van der Waals surface area contributed by atoms with Crippen LogP contribution in [0, 0.1) is 0 Å². The second-order valence-electron chi connectivity index (χ2n) is 11.6. The molecule has 17 heteroatoms. The number of alkyl halides is 2.